The van der Waals surface area contributed by atoms with Gasteiger partial charge in [0.25, 0.3) is 0 Å². The van der Waals surface area contributed by atoms with Crippen LogP contribution in [0.2, 0.25) is 0 Å². The van der Waals surface area contributed by atoms with Crippen molar-refractivity contribution in [2.24, 2.45) is 0 Å². The van der Waals surface area contributed by atoms with Crippen molar-refractivity contribution in [2.45, 2.75) is 44.6 Å². The van der Waals surface area contributed by atoms with E-state index in [2.05, 4.69) is 68.5 Å². The van der Waals surface area contributed by atoms with Gasteiger partial charge < -0.3 is 9.47 Å². The molecule has 0 N–H and O–H groups in total. The zero-order valence-electron chi connectivity index (χ0n) is 17.8. The van der Waals surface area contributed by atoms with Crippen LogP contribution in [0, 0.1) is 0 Å². The van der Waals surface area contributed by atoms with Crippen LogP contribution in [0.1, 0.15) is 42.1 Å². The molecule has 4 heterocycles. The molecule has 2 aromatic heterocycles. The summed E-state index contributed by atoms with van der Waals surface area (Å²) < 4.78 is 2.43. The Morgan fingerprint density at radius 2 is 1.81 bits per heavy atom. The third-order valence-electron chi connectivity index (χ3n) is 7.04. The van der Waals surface area contributed by atoms with Gasteiger partial charge in [0.2, 0.25) is 0 Å². The number of hydrogen-bond acceptors (Lipinski definition) is 4. The Hall–Kier alpha value is -2.50. The summed E-state index contributed by atoms with van der Waals surface area (Å²) in [6, 6.07) is 17.8. The lowest BCUT2D eigenvalue weighted by atomic mass is 9.95. The van der Waals surface area contributed by atoms with Gasteiger partial charge >= 0.3 is 0 Å². The molecule has 0 bridgehead atoms. The number of thiophene rings is 1. The highest BCUT2D eigenvalue weighted by Gasteiger charge is 2.28. The second kappa shape index (κ2) is 8.21. The van der Waals surface area contributed by atoms with Crippen molar-refractivity contribution in [1.29, 1.82) is 0 Å². The van der Waals surface area contributed by atoms with Gasteiger partial charge in [0.1, 0.15) is 5.82 Å². The minimum Gasteiger partial charge on any atom is -0.310 e. The van der Waals surface area contributed by atoms with Crippen LogP contribution in [0.5, 0.6) is 0 Å². The van der Waals surface area contributed by atoms with Crippen LogP contribution >= 0.6 is 11.3 Å². The van der Waals surface area contributed by atoms with E-state index < -0.39 is 0 Å². The molecule has 0 amide bonds. The monoisotopic (exact) mass is 428 g/mol. The van der Waals surface area contributed by atoms with Gasteiger partial charge in [-0.3, -0.25) is 0 Å². The number of aryl methyl sites for hydroxylation is 1. The Morgan fingerprint density at radius 1 is 0.935 bits per heavy atom. The predicted octanol–water partition coefficient (Wildman–Crippen LogP) is 5.53. The van der Waals surface area contributed by atoms with Crippen molar-refractivity contribution in [3.8, 4) is 10.7 Å². The molecule has 2 aliphatic rings. The van der Waals surface area contributed by atoms with E-state index in [1.54, 1.807) is 0 Å². The van der Waals surface area contributed by atoms with Crippen molar-refractivity contribution in [2.75, 3.05) is 19.6 Å². The van der Waals surface area contributed by atoms with E-state index in [9.17, 15) is 0 Å². The zero-order chi connectivity index (χ0) is 20.6. The molecule has 31 heavy (non-hydrogen) atoms. The summed E-state index contributed by atoms with van der Waals surface area (Å²) in [6.45, 7) is 4.51. The molecule has 4 aromatic rings. The van der Waals surface area contributed by atoms with Crippen LogP contribution in [0.3, 0.4) is 0 Å². The fourth-order valence-electron chi connectivity index (χ4n) is 5.26. The Bertz CT molecular complexity index is 1200. The van der Waals surface area contributed by atoms with Gasteiger partial charge in [0.05, 0.1) is 4.88 Å². The first-order chi connectivity index (χ1) is 15.3. The van der Waals surface area contributed by atoms with Crippen molar-refractivity contribution in [1.82, 2.24) is 19.7 Å². The average Bonchev–Trinajstić information content (AvgIpc) is 3.41. The number of likely N-dealkylation sites (tertiary alicyclic amines) is 1. The number of fused-ring (bicyclic) bond motifs is 4. The molecule has 0 saturated carbocycles. The smallest absolute Gasteiger partial charge is 0.174 e. The summed E-state index contributed by atoms with van der Waals surface area (Å²) in [5, 5.41) is 14.2. The second-order valence-electron chi connectivity index (χ2n) is 8.96. The van der Waals surface area contributed by atoms with Gasteiger partial charge in [-0.05, 0) is 78.5 Å². The first-order valence-electron chi connectivity index (χ1n) is 11.5. The fourth-order valence-corrected chi connectivity index (χ4v) is 6.20. The summed E-state index contributed by atoms with van der Waals surface area (Å²) in [7, 11) is 0. The molecule has 1 fully saturated rings. The van der Waals surface area contributed by atoms with Crippen LogP contribution in [0.15, 0.2) is 53.9 Å². The maximum absolute atomic E-state index is 4.69. The van der Waals surface area contributed by atoms with E-state index in [0.29, 0.717) is 5.92 Å². The molecule has 0 spiro atoms. The standard InChI is InChI=1S/C26H28N4S/c1-2-5-23-18-19(7-8-20(23)4-1)9-14-29-15-10-22(11-16-29)25-27-28-26-24-21(12-17-31-24)6-3-13-30(25)26/h1-2,4-5,7-8,12,17-18,22H,3,6,9-11,13-16H2. The van der Waals surface area contributed by atoms with Crippen molar-refractivity contribution < 1.29 is 0 Å². The minimum atomic E-state index is 0.541. The molecule has 5 heteroatoms. The van der Waals surface area contributed by atoms with Crippen LogP contribution in [0.25, 0.3) is 21.5 Å². The van der Waals surface area contributed by atoms with Crippen LogP contribution in [-0.4, -0.2) is 39.3 Å². The minimum absolute atomic E-state index is 0.541. The topological polar surface area (TPSA) is 34.0 Å². The Kier molecular flexibility index (Phi) is 5.09. The number of aromatic nitrogens is 3. The lowest BCUT2D eigenvalue weighted by molar-refractivity contribution is 0.209. The number of rotatable bonds is 4. The molecule has 0 aliphatic carbocycles. The van der Waals surface area contributed by atoms with Crippen LogP contribution < -0.4 is 0 Å². The van der Waals surface area contributed by atoms with E-state index in [0.717, 1.165) is 44.8 Å². The first kappa shape index (κ1) is 19.2. The van der Waals surface area contributed by atoms with Gasteiger partial charge in [-0.1, -0.05) is 42.5 Å². The average molecular weight is 429 g/mol. The quantitative estimate of drug-likeness (QED) is 0.429. The molecule has 1 saturated heterocycles. The Morgan fingerprint density at radius 3 is 2.71 bits per heavy atom. The highest BCUT2D eigenvalue weighted by atomic mass is 32.1. The van der Waals surface area contributed by atoms with Gasteiger partial charge in [0.15, 0.2) is 5.82 Å². The van der Waals surface area contributed by atoms with Gasteiger partial charge in [-0.25, -0.2) is 0 Å². The summed E-state index contributed by atoms with van der Waals surface area (Å²) in [4.78, 5) is 3.96. The predicted molar refractivity (Wildman–Crippen MR) is 128 cm³/mol. The van der Waals surface area contributed by atoms with E-state index >= 15 is 0 Å². The van der Waals surface area contributed by atoms with E-state index in [1.165, 1.54) is 51.9 Å². The Balaban J connectivity index is 1.10. The van der Waals surface area contributed by atoms with Crippen molar-refractivity contribution in [3.63, 3.8) is 0 Å². The lowest BCUT2D eigenvalue weighted by Crippen LogP contribution is -2.35. The summed E-state index contributed by atoms with van der Waals surface area (Å²) >= 11 is 1.82. The molecular formula is C26H28N4S. The van der Waals surface area contributed by atoms with Crippen molar-refractivity contribution in [3.05, 3.63) is 70.9 Å². The fraction of sp³-hybridized carbons (Fsp3) is 0.385. The number of benzene rings is 2. The van der Waals surface area contributed by atoms with Gasteiger partial charge in [-0.2, -0.15) is 0 Å². The highest BCUT2D eigenvalue weighted by Crippen LogP contribution is 2.35. The Labute approximate surface area is 187 Å². The normalized spacial score (nSPS) is 17.4. The van der Waals surface area contributed by atoms with Crippen molar-refractivity contribution >= 4 is 22.1 Å². The largest absolute Gasteiger partial charge is 0.310 e. The molecule has 158 valence electrons. The third-order valence-corrected chi connectivity index (χ3v) is 7.99. The second-order valence-corrected chi connectivity index (χ2v) is 9.88. The summed E-state index contributed by atoms with van der Waals surface area (Å²) in [5.74, 6) is 2.88. The zero-order valence-corrected chi connectivity index (χ0v) is 18.7. The SMILES string of the molecule is c1ccc2cc(CCN3CCC(c4nnc5n4CCCc4ccsc4-5)CC3)ccc2c1. The lowest BCUT2D eigenvalue weighted by Gasteiger charge is -2.31. The molecule has 0 unspecified atom stereocenters. The summed E-state index contributed by atoms with van der Waals surface area (Å²) in [6.07, 6.45) is 5.85. The van der Waals surface area contributed by atoms with Crippen LogP contribution in [-0.2, 0) is 19.4 Å². The van der Waals surface area contributed by atoms with E-state index in [1.807, 2.05) is 11.3 Å². The maximum Gasteiger partial charge on any atom is 0.174 e. The van der Waals surface area contributed by atoms with Gasteiger partial charge in [-0.15, -0.1) is 21.5 Å². The summed E-state index contributed by atoms with van der Waals surface area (Å²) in [5.41, 5.74) is 2.89. The number of piperidine rings is 1. The maximum atomic E-state index is 4.69. The molecule has 6 rings (SSSR count). The first-order valence-corrected chi connectivity index (χ1v) is 12.4. The third kappa shape index (κ3) is 3.70. The molecule has 0 atom stereocenters. The highest BCUT2D eigenvalue weighted by molar-refractivity contribution is 7.13. The molecule has 0 radical (unpaired) electrons. The number of nitrogens with zero attached hydrogens (tertiary/aromatic N) is 4. The molecular weight excluding hydrogens is 400 g/mol. The van der Waals surface area contributed by atoms with E-state index in [-0.39, 0.29) is 0 Å². The molecule has 2 aromatic carbocycles. The van der Waals surface area contributed by atoms with Crippen LogP contribution in [0.4, 0.5) is 0 Å². The number of hydrogen-bond donors (Lipinski definition) is 0. The molecule has 4 nitrogen and oxygen atoms in total. The molecule has 2 aliphatic heterocycles. The van der Waals surface area contributed by atoms with E-state index in [4.69, 9.17) is 5.10 Å². The van der Waals surface area contributed by atoms with Gasteiger partial charge in [0, 0.05) is 19.0 Å².